The number of fused-ring (bicyclic) bond motifs is 2. The van der Waals surface area contributed by atoms with Crippen LogP contribution < -0.4 is 16.7 Å². The second-order valence-electron chi connectivity index (χ2n) is 10.6. The van der Waals surface area contributed by atoms with Gasteiger partial charge in [0.15, 0.2) is 0 Å². The Bertz CT molecular complexity index is 1780. The molecule has 212 valence electrons. The Hall–Kier alpha value is -4.65. The molecule has 1 fully saturated rings. The molecule has 0 saturated carbocycles. The number of imide groups is 1. The molecule has 10 heteroatoms. The summed E-state index contributed by atoms with van der Waals surface area (Å²) in [6, 6.07) is 10.3. The van der Waals surface area contributed by atoms with Crippen molar-refractivity contribution in [3.8, 4) is 11.8 Å². The maximum absolute atomic E-state index is 12.9. The summed E-state index contributed by atoms with van der Waals surface area (Å²) in [4.78, 5) is 48.4. The Morgan fingerprint density at radius 1 is 1.02 bits per heavy atom. The number of nitrogens with zero attached hydrogens (tertiary/aromatic N) is 4. The molecule has 3 N–H and O–H groups in total. The van der Waals surface area contributed by atoms with E-state index in [0.717, 1.165) is 67.2 Å². The number of nitrogens with two attached hydrogens (primary N) is 1. The van der Waals surface area contributed by atoms with Crippen LogP contribution in [0.1, 0.15) is 79.0 Å². The number of piperidine rings is 1. The predicted molar refractivity (Wildman–Crippen MR) is 156 cm³/mol. The van der Waals surface area contributed by atoms with Gasteiger partial charge >= 0.3 is 5.69 Å². The molecule has 0 aliphatic carbocycles. The number of benzene rings is 2. The summed E-state index contributed by atoms with van der Waals surface area (Å²) in [6.45, 7) is 2.77. The van der Waals surface area contributed by atoms with Gasteiger partial charge in [-0.05, 0) is 56.5 Å². The number of aryl methyl sites for hydroxylation is 3. The number of hydrogen-bond acceptors (Lipinski definition) is 5. The Morgan fingerprint density at radius 2 is 1.80 bits per heavy atom. The fourth-order valence-electron chi connectivity index (χ4n) is 5.50. The molecule has 3 amide bonds. The first-order valence-corrected chi connectivity index (χ1v) is 14.0. The molecule has 0 spiro atoms. The number of unbranched alkanes of at least 4 members (excludes halogenated alkanes) is 5. The van der Waals surface area contributed by atoms with Gasteiger partial charge in [-0.1, -0.05) is 37.2 Å². The smallest absolute Gasteiger partial charge is 0.329 e. The Morgan fingerprint density at radius 3 is 2.59 bits per heavy atom. The van der Waals surface area contributed by atoms with Crippen LogP contribution in [0, 0.1) is 18.8 Å². The minimum atomic E-state index is -0.696. The van der Waals surface area contributed by atoms with Gasteiger partial charge in [0.05, 0.1) is 22.2 Å². The van der Waals surface area contributed by atoms with Crippen molar-refractivity contribution in [2.24, 2.45) is 12.8 Å². The molecule has 0 bridgehead atoms. The number of primary amides is 1. The molecule has 4 aromatic rings. The van der Waals surface area contributed by atoms with Crippen molar-refractivity contribution in [1.82, 2.24) is 24.2 Å². The number of carbonyl (C=O) groups excluding carboxylic acids is 3. The SMILES string of the molecule is Cc1nn(CCCCCCCC#Cc2ccc3c(c2)n(C)c(=O)n3C2CCC(=O)NC2=O)c2cc(C(N)=O)ccc12. The van der Waals surface area contributed by atoms with E-state index in [-0.39, 0.29) is 18.0 Å². The van der Waals surface area contributed by atoms with E-state index in [4.69, 9.17) is 5.73 Å². The number of carbonyl (C=O) groups is 3. The zero-order valence-corrected chi connectivity index (χ0v) is 23.4. The van der Waals surface area contributed by atoms with Crippen molar-refractivity contribution in [2.45, 2.75) is 70.9 Å². The number of hydrogen-bond donors (Lipinski definition) is 2. The lowest BCUT2D eigenvalue weighted by Gasteiger charge is -2.21. The van der Waals surface area contributed by atoms with Crippen molar-refractivity contribution in [2.75, 3.05) is 0 Å². The summed E-state index contributed by atoms with van der Waals surface area (Å²) in [5.41, 5.74) is 9.72. The second kappa shape index (κ2) is 11.8. The molecule has 0 radical (unpaired) electrons. The largest absolute Gasteiger partial charge is 0.366 e. The third kappa shape index (κ3) is 5.80. The van der Waals surface area contributed by atoms with Crippen molar-refractivity contribution in [1.29, 1.82) is 0 Å². The Kier molecular flexibility index (Phi) is 8.06. The van der Waals surface area contributed by atoms with Crippen LogP contribution in [0.2, 0.25) is 0 Å². The highest BCUT2D eigenvalue weighted by atomic mass is 16.2. The molecule has 5 rings (SSSR count). The average molecular weight is 555 g/mol. The second-order valence-corrected chi connectivity index (χ2v) is 10.6. The summed E-state index contributed by atoms with van der Waals surface area (Å²) < 4.78 is 4.96. The average Bonchev–Trinajstić information content (AvgIpc) is 3.39. The van der Waals surface area contributed by atoms with Gasteiger partial charge in [-0.2, -0.15) is 5.10 Å². The highest BCUT2D eigenvalue weighted by molar-refractivity contribution is 6.00. The molecule has 1 aliphatic rings. The zero-order chi connectivity index (χ0) is 29.1. The molecule has 3 heterocycles. The summed E-state index contributed by atoms with van der Waals surface area (Å²) >= 11 is 0. The number of nitrogens with one attached hydrogen (secondary N) is 1. The third-order valence-corrected chi connectivity index (χ3v) is 7.74. The van der Waals surface area contributed by atoms with Gasteiger partial charge < -0.3 is 5.73 Å². The fourth-order valence-corrected chi connectivity index (χ4v) is 5.50. The molecule has 10 nitrogen and oxygen atoms in total. The highest BCUT2D eigenvalue weighted by Gasteiger charge is 2.31. The highest BCUT2D eigenvalue weighted by Crippen LogP contribution is 2.24. The van der Waals surface area contributed by atoms with E-state index in [1.807, 2.05) is 41.9 Å². The van der Waals surface area contributed by atoms with Gasteiger partial charge in [0.2, 0.25) is 17.7 Å². The molecule has 1 atom stereocenters. The van der Waals surface area contributed by atoms with E-state index < -0.39 is 17.9 Å². The molecule has 1 saturated heterocycles. The van der Waals surface area contributed by atoms with Crippen molar-refractivity contribution in [3.63, 3.8) is 0 Å². The number of aromatic nitrogens is 4. The van der Waals surface area contributed by atoms with Gasteiger partial charge in [0, 0.05) is 42.9 Å². The first kappa shape index (κ1) is 27.9. The lowest BCUT2D eigenvalue weighted by atomic mass is 10.1. The quantitative estimate of drug-likeness (QED) is 0.186. The van der Waals surface area contributed by atoms with Crippen LogP contribution in [-0.4, -0.2) is 36.6 Å². The zero-order valence-electron chi connectivity index (χ0n) is 23.4. The van der Waals surface area contributed by atoms with Gasteiger partial charge in [-0.25, -0.2) is 4.79 Å². The van der Waals surface area contributed by atoms with Crippen molar-refractivity contribution >= 4 is 39.7 Å². The summed E-state index contributed by atoms with van der Waals surface area (Å²) in [5.74, 6) is 5.25. The van der Waals surface area contributed by atoms with Crippen LogP contribution in [0.5, 0.6) is 0 Å². The van der Waals surface area contributed by atoms with Crippen LogP contribution >= 0.6 is 0 Å². The lowest BCUT2D eigenvalue weighted by molar-refractivity contribution is -0.135. The van der Waals surface area contributed by atoms with Gasteiger partial charge in [0.1, 0.15) is 6.04 Å². The minimum Gasteiger partial charge on any atom is -0.366 e. The van der Waals surface area contributed by atoms with Crippen molar-refractivity contribution < 1.29 is 14.4 Å². The summed E-state index contributed by atoms with van der Waals surface area (Å²) in [6.07, 6.45) is 6.58. The number of imidazole rings is 1. The molecule has 1 aliphatic heterocycles. The molecule has 2 aromatic heterocycles. The predicted octanol–water partition coefficient (Wildman–Crippen LogP) is 3.47. The lowest BCUT2D eigenvalue weighted by Crippen LogP contribution is -2.44. The van der Waals surface area contributed by atoms with Crippen LogP contribution in [0.15, 0.2) is 41.2 Å². The van der Waals surface area contributed by atoms with Gasteiger partial charge in [0.25, 0.3) is 0 Å². The molecule has 1 unspecified atom stereocenters. The first-order valence-electron chi connectivity index (χ1n) is 14.0. The van der Waals surface area contributed by atoms with E-state index in [9.17, 15) is 19.2 Å². The third-order valence-electron chi connectivity index (χ3n) is 7.74. The normalized spacial score (nSPS) is 15.2. The molecule has 41 heavy (non-hydrogen) atoms. The standard InChI is InChI=1S/C31H34N6O4/c1-20-23-13-12-22(29(32)39)19-26(23)36(34-20)17-9-7-5-3-4-6-8-10-21-11-14-24-27(18-21)35(2)31(41)37(24)25-15-16-28(38)33-30(25)40/h11-14,18-19,25H,3-7,9,15-17H2,1-2H3,(H2,32,39)(H,33,38,40). The van der Waals surface area contributed by atoms with Crippen LogP contribution in [0.3, 0.4) is 0 Å². The van der Waals surface area contributed by atoms with Crippen LogP contribution in [0.4, 0.5) is 0 Å². The van der Waals surface area contributed by atoms with E-state index in [1.165, 1.54) is 9.13 Å². The van der Waals surface area contributed by atoms with Gasteiger partial charge in [-0.15, -0.1) is 0 Å². The van der Waals surface area contributed by atoms with Crippen molar-refractivity contribution in [3.05, 3.63) is 63.7 Å². The summed E-state index contributed by atoms with van der Waals surface area (Å²) in [7, 11) is 1.68. The molecule has 2 aromatic carbocycles. The van der Waals surface area contributed by atoms with E-state index in [2.05, 4.69) is 22.3 Å². The maximum Gasteiger partial charge on any atom is 0.329 e. The first-order chi connectivity index (χ1) is 19.7. The number of rotatable bonds is 9. The van der Waals surface area contributed by atoms with E-state index in [0.29, 0.717) is 23.0 Å². The van der Waals surface area contributed by atoms with Gasteiger partial charge in [-0.3, -0.25) is 33.5 Å². The Balaban J connectivity index is 1.11. The number of amides is 3. The molecular formula is C31H34N6O4. The topological polar surface area (TPSA) is 134 Å². The maximum atomic E-state index is 12.9. The Labute approximate surface area is 237 Å². The minimum absolute atomic E-state index is 0.211. The summed E-state index contributed by atoms with van der Waals surface area (Å²) in [5, 5.41) is 8.01. The fraction of sp³-hybridized carbons (Fsp3) is 0.387. The van der Waals surface area contributed by atoms with Crippen LogP contribution in [-0.2, 0) is 23.2 Å². The monoisotopic (exact) mass is 554 g/mol. The molecular weight excluding hydrogens is 520 g/mol. The van der Waals surface area contributed by atoms with E-state index in [1.54, 1.807) is 13.1 Å². The van der Waals surface area contributed by atoms with E-state index >= 15 is 0 Å². The van der Waals surface area contributed by atoms with Crippen LogP contribution in [0.25, 0.3) is 21.9 Å².